The van der Waals surface area contributed by atoms with Crippen molar-refractivity contribution in [1.29, 1.82) is 0 Å². The van der Waals surface area contributed by atoms with Gasteiger partial charge in [0.2, 0.25) is 0 Å². The quantitative estimate of drug-likeness (QED) is 0.843. The molecule has 24 heavy (non-hydrogen) atoms. The molecule has 6 heteroatoms. The third-order valence-corrected chi connectivity index (χ3v) is 3.09. The van der Waals surface area contributed by atoms with Crippen molar-refractivity contribution in [3.05, 3.63) is 54.1 Å². The Morgan fingerprint density at radius 2 is 1.42 bits per heavy atom. The Morgan fingerprint density at radius 3 is 2.00 bits per heavy atom. The third kappa shape index (κ3) is 5.01. The summed E-state index contributed by atoms with van der Waals surface area (Å²) in [5, 5.41) is 5.37. The molecule has 126 valence electrons. The summed E-state index contributed by atoms with van der Waals surface area (Å²) >= 11 is 0. The number of carbonyl (C=O) groups is 2. The number of ether oxygens (including phenoxy) is 2. The zero-order chi connectivity index (χ0) is 17.4. The lowest BCUT2D eigenvalue weighted by Crippen LogP contribution is -2.14. The highest BCUT2D eigenvalue weighted by Crippen LogP contribution is 2.17. The van der Waals surface area contributed by atoms with Gasteiger partial charge in [0.25, 0.3) is 5.91 Å². The predicted molar refractivity (Wildman–Crippen MR) is 92.7 cm³/mol. The van der Waals surface area contributed by atoms with Gasteiger partial charge in [-0.25, -0.2) is 4.79 Å². The van der Waals surface area contributed by atoms with Crippen LogP contribution in [0.4, 0.5) is 16.2 Å². The van der Waals surface area contributed by atoms with E-state index in [-0.39, 0.29) is 5.91 Å². The molecule has 0 atom stereocenters. The highest BCUT2D eigenvalue weighted by molar-refractivity contribution is 6.04. The summed E-state index contributed by atoms with van der Waals surface area (Å²) in [7, 11) is 0. The van der Waals surface area contributed by atoms with Gasteiger partial charge < -0.3 is 14.8 Å². The average Bonchev–Trinajstić information content (AvgIpc) is 2.57. The van der Waals surface area contributed by atoms with Crippen LogP contribution in [-0.4, -0.2) is 25.2 Å². The van der Waals surface area contributed by atoms with E-state index in [1.54, 1.807) is 55.5 Å². The van der Waals surface area contributed by atoms with Crippen molar-refractivity contribution in [2.24, 2.45) is 0 Å². The Morgan fingerprint density at radius 1 is 0.833 bits per heavy atom. The zero-order valence-electron chi connectivity index (χ0n) is 13.7. The molecule has 2 rings (SSSR count). The van der Waals surface area contributed by atoms with Crippen molar-refractivity contribution in [3.8, 4) is 5.75 Å². The van der Waals surface area contributed by atoms with E-state index in [2.05, 4.69) is 10.6 Å². The summed E-state index contributed by atoms with van der Waals surface area (Å²) in [5.74, 6) is 0.520. The molecule has 0 radical (unpaired) electrons. The molecule has 0 fully saturated rings. The SMILES string of the molecule is CCOC(=O)Nc1ccc(C(=O)Nc2ccc(OCC)cc2)cc1. The van der Waals surface area contributed by atoms with Gasteiger partial charge in [-0.05, 0) is 62.4 Å². The zero-order valence-corrected chi connectivity index (χ0v) is 13.7. The van der Waals surface area contributed by atoms with Crippen LogP contribution in [0.1, 0.15) is 24.2 Å². The van der Waals surface area contributed by atoms with Crippen molar-refractivity contribution in [2.45, 2.75) is 13.8 Å². The summed E-state index contributed by atoms with van der Waals surface area (Å²) in [5.41, 5.74) is 1.72. The minimum absolute atomic E-state index is 0.234. The fraction of sp³-hybridized carbons (Fsp3) is 0.222. The standard InChI is InChI=1S/C18H20N2O4/c1-3-23-16-11-9-14(10-12-16)19-17(21)13-5-7-15(8-6-13)20-18(22)24-4-2/h5-12H,3-4H2,1-2H3,(H,19,21)(H,20,22). The molecule has 0 saturated carbocycles. The van der Waals surface area contributed by atoms with Crippen LogP contribution < -0.4 is 15.4 Å². The molecule has 0 aliphatic heterocycles. The van der Waals surface area contributed by atoms with Crippen LogP contribution in [-0.2, 0) is 4.74 Å². The Balaban J connectivity index is 1.95. The summed E-state index contributed by atoms with van der Waals surface area (Å²) in [6.45, 7) is 4.54. The van der Waals surface area contributed by atoms with Crippen LogP contribution in [0.5, 0.6) is 5.75 Å². The van der Waals surface area contributed by atoms with E-state index in [4.69, 9.17) is 9.47 Å². The number of anilines is 2. The highest BCUT2D eigenvalue weighted by atomic mass is 16.5. The number of hydrogen-bond acceptors (Lipinski definition) is 4. The largest absolute Gasteiger partial charge is 0.494 e. The molecule has 0 aliphatic carbocycles. The van der Waals surface area contributed by atoms with Crippen molar-refractivity contribution < 1.29 is 19.1 Å². The number of hydrogen-bond donors (Lipinski definition) is 2. The lowest BCUT2D eigenvalue weighted by atomic mass is 10.2. The second kappa shape index (κ2) is 8.57. The summed E-state index contributed by atoms with van der Waals surface area (Å²) in [4.78, 5) is 23.5. The Labute approximate surface area is 140 Å². The van der Waals surface area contributed by atoms with E-state index in [0.717, 1.165) is 5.75 Å². The lowest BCUT2D eigenvalue weighted by molar-refractivity contribution is 0.102. The average molecular weight is 328 g/mol. The molecule has 2 aromatic carbocycles. The van der Waals surface area contributed by atoms with Crippen LogP contribution in [0.2, 0.25) is 0 Å². The van der Waals surface area contributed by atoms with Crippen molar-refractivity contribution in [1.82, 2.24) is 0 Å². The van der Waals surface area contributed by atoms with E-state index in [1.165, 1.54) is 0 Å². The number of amides is 2. The summed E-state index contributed by atoms with van der Waals surface area (Å²) in [6, 6.07) is 13.7. The Kier molecular flexibility index (Phi) is 6.19. The van der Waals surface area contributed by atoms with Crippen LogP contribution >= 0.6 is 0 Å². The molecule has 2 N–H and O–H groups in total. The van der Waals surface area contributed by atoms with Gasteiger partial charge in [0.05, 0.1) is 13.2 Å². The molecular weight excluding hydrogens is 308 g/mol. The van der Waals surface area contributed by atoms with Gasteiger partial charge in [0.15, 0.2) is 0 Å². The molecule has 0 unspecified atom stereocenters. The Bertz CT molecular complexity index is 681. The van der Waals surface area contributed by atoms with Gasteiger partial charge in [-0.2, -0.15) is 0 Å². The Hall–Kier alpha value is -3.02. The number of benzene rings is 2. The number of rotatable bonds is 6. The van der Waals surface area contributed by atoms with Crippen molar-refractivity contribution in [3.63, 3.8) is 0 Å². The van der Waals surface area contributed by atoms with Crippen LogP contribution in [0.3, 0.4) is 0 Å². The molecule has 0 aromatic heterocycles. The molecule has 2 amide bonds. The molecule has 0 aliphatic rings. The van der Waals surface area contributed by atoms with E-state index in [1.807, 2.05) is 6.92 Å². The fourth-order valence-electron chi connectivity index (χ4n) is 1.99. The van der Waals surface area contributed by atoms with Crippen molar-refractivity contribution >= 4 is 23.4 Å². The van der Waals surface area contributed by atoms with E-state index >= 15 is 0 Å². The molecule has 0 heterocycles. The first-order chi connectivity index (χ1) is 11.6. The van der Waals surface area contributed by atoms with Gasteiger partial charge in [-0.1, -0.05) is 0 Å². The minimum atomic E-state index is -0.524. The highest BCUT2D eigenvalue weighted by Gasteiger charge is 2.07. The molecule has 0 saturated heterocycles. The summed E-state index contributed by atoms with van der Waals surface area (Å²) in [6.07, 6.45) is -0.524. The molecule has 0 bridgehead atoms. The van der Waals surface area contributed by atoms with Gasteiger partial charge in [0.1, 0.15) is 5.75 Å². The number of nitrogens with one attached hydrogen (secondary N) is 2. The minimum Gasteiger partial charge on any atom is -0.494 e. The third-order valence-electron chi connectivity index (χ3n) is 3.09. The topological polar surface area (TPSA) is 76.7 Å². The second-order valence-electron chi connectivity index (χ2n) is 4.83. The monoisotopic (exact) mass is 328 g/mol. The van der Waals surface area contributed by atoms with Gasteiger partial charge in [-0.3, -0.25) is 10.1 Å². The van der Waals surface area contributed by atoms with Crippen LogP contribution in [0.15, 0.2) is 48.5 Å². The van der Waals surface area contributed by atoms with E-state index in [9.17, 15) is 9.59 Å². The summed E-state index contributed by atoms with van der Waals surface area (Å²) < 4.78 is 10.1. The van der Waals surface area contributed by atoms with Crippen LogP contribution in [0, 0.1) is 0 Å². The van der Waals surface area contributed by atoms with Crippen molar-refractivity contribution in [2.75, 3.05) is 23.8 Å². The molecule has 6 nitrogen and oxygen atoms in total. The van der Waals surface area contributed by atoms with E-state index in [0.29, 0.717) is 30.2 Å². The maximum atomic E-state index is 12.2. The van der Waals surface area contributed by atoms with Gasteiger partial charge >= 0.3 is 6.09 Å². The first kappa shape index (κ1) is 17.3. The molecule has 0 spiro atoms. The molecule has 2 aromatic rings. The normalized spacial score (nSPS) is 9.92. The lowest BCUT2D eigenvalue weighted by Gasteiger charge is -2.08. The fourth-order valence-corrected chi connectivity index (χ4v) is 1.99. The second-order valence-corrected chi connectivity index (χ2v) is 4.83. The van der Waals surface area contributed by atoms with Crippen LogP contribution in [0.25, 0.3) is 0 Å². The first-order valence-corrected chi connectivity index (χ1v) is 7.70. The smallest absolute Gasteiger partial charge is 0.411 e. The van der Waals surface area contributed by atoms with Gasteiger partial charge in [-0.15, -0.1) is 0 Å². The van der Waals surface area contributed by atoms with E-state index < -0.39 is 6.09 Å². The maximum absolute atomic E-state index is 12.2. The molecular formula is C18H20N2O4. The number of carbonyl (C=O) groups excluding carboxylic acids is 2. The first-order valence-electron chi connectivity index (χ1n) is 7.70. The maximum Gasteiger partial charge on any atom is 0.411 e. The van der Waals surface area contributed by atoms with Gasteiger partial charge in [0, 0.05) is 16.9 Å². The predicted octanol–water partition coefficient (Wildman–Crippen LogP) is 3.91.